The Morgan fingerprint density at radius 3 is 0.946 bits per heavy atom. The van der Waals surface area contributed by atoms with Gasteiger partial charge in [0.05, 0.1) is 21.3 Å². The summed E-state index contributed by atoms with van der Waals surface area (Å²) in [7, 11) is 4.00. The first-order chi connectivity index (χ1) is 17.9. The Bertz CT molecular complexity index is 1140. The molecule has 0 radical (unpaired) electrons. The predicted octanol–water partition coefficient (Wildman–Crippen LogP) is 5.72. The van der Waals surface area contributed by atoms with Crippen LogP contribution in [0.5, 0.6) is 0 Å². The summed E-state index contributed by atoms with van der Waals surface area (Å²) in [6.07, 6.45) is 9.16. The molecule has 7 nitrogen and oxygen atoms in total. The van der Waals surface area contributed by atoms with Crippen LogP contribution in [0.3, 0.4) is 0 Å². The molecule has 0 aliphatic heterocycles. The fourth-order valence-corrected chi connectivity index (χ4v) is 3.35. The highest BCUT2D eigenvalue weighted by Gasteiger charge is 2.12. The highest BCUT2D eigenvalue weighted by molar-refractivity contribution is 5.88. The number of hydrogen-bond acceptors (Lipinski definition) is 7. The standard InChI is InChI=1S/C30H27NO6/c1-35-28(32)19-10-22-4-13-25(14-5-22)31(26-15-6-23(7-16-26)11-20-29(33)36-2)27-17-8-24(9-18-27)12-21-30(34)37-3/h4-21H,1-3H3/b19-10-,20-11-,21-12+. The maximum atomic E-state index is 11.4. The third kappa shape index (κ3) is 7.80. The lowest BCUT2D eigenvalue weighted by atomic mass is 10.1. The predicted molar refractivity (Wildman–Crippen MR) is 144 cm³/mol. The van der Waals surface area contributed by atoms with Crippen molar-refractivity contribution in [1.82, 2.24) is 0 Å². The van der Waals surface area contributed by atoms with E-state index in [2.05, 4.69) is 19.1 Å². The van der Waals surface area contributed by atoms with Gasteiger partial charge in [0.2, 0.25) is 0 Å². The van der Waals surface area contributed by atoms with E-state index < -0.39 is 17.9 Å². The van der Waals surface area contributed by atoms with E-state index in [9.17, 15) is 14.4 Å². The van der Waals surface area contributed by atoms with Crippen LogP contribution in [0.4, 0.5) is 17.1 Å². The molecular weight excluding hydrogens is 470 g/mol. The van der Waals surface area contributed by atoms with E-state index in [1.807, 2.05) is 72.8 Å². The first kappa shape index (κ1) is 26.7. The van der Waals surface area contributed by atoms with Gasteiger partial charge in [0, 0.05) is 35.3 Å². The summed E-state index contributed by atoms with van der Waals surface area (Å²) in [4.78, 5) is 36.3. The largest absolute Gasteiger partial charge is 0.466 e. The molecule has 0 atom stereocenters. The van der Waals surface area contributed by atoms with Gasteiger partial charge in [0.1, 0.15) is 0 Å². The number of hydrogen-bond donors (Lipinski definition) is 0. The Hall–Kier alpha value is -4.91. The van der Waals surface area contributed by atoms with Gasteiger partial charge in [-0.2, -0.15) is 0 Å². The SMILES string of the molecule is COC(=O)/C=C\c1ccc(N(c2ccc(/C=C\C(=O)OC)cc2)c2ccc(/C=C/C(=O)OC)cc2)cc1. The van der Waals surface area contributed by atoms with Crippen molar-refractivity contribution in [3.8, 4) is 0 Å². The molecule has 3 aromatic carbocycles. The molecule has 37 heavy (non-hydrogen) atoms. The Kier molecular flexibility index (Phi) is 9.56. The minimum atomic E-state index is -0.423. The van der Waals surface area contributed by atoms with Gasteiger partial charge >= 0.3 is 17.9 Å². The quantitative estimate of drug-likeness (QED) is 0.213. The molecule has 0 fully saturated rings. The molecule has 0 aliphatic carbocycles. The Morgan fingerprint density at radius 2 is 0.730 bits per heavy atom. The summed E-state index contributed by atoms with van der Waals surface area (Å²) in [5, 5.41) is 0. The molecule has 0 N–H and O–H groups in total. The van der Waals surface area contributed by atoms with Gasteiger partial charge in [0.25, 0.3) is 0 Å². The maximum Gasteiger partial charge on any atom is 0.330 e. The van der Waals surface area contributed by atoms with Gasteiger partial charge in [-0.1, -0.05) is 36.4 Å². The minimum Gasteiger partial charge on any atom is -0.466 e. The molecule has 0 spiro atoms. The molecule has 0 saturated carbocycles. The zero-order valence-electron chi connectivity index (χ0n) is 20.8. The molecule has 0 saturated heterocycles. The van der Waals surface area contributed by atoms with E-state index in [0.717, 1.165) is 33.8 Å². The normalized spacial score (nSPS) is 11.1. The van der Waals surface area contributed by atoms with E-state index in [1.54, 1.807) is 18.2 Å². The highest BCUT2D eigenvalue weighted by Crippen LogP contribution is 2.35. The van der Waals surface area contributed by atoms with Gasteiger partial charge in [-0.3, -0.25) is 0 Å². The van der Waals surface area contributed by atoms with Crippen LogP contribution in [-0.2, 0) is 28.6 Å². The first-order valence-electron chi connectivity index (χ1n) is 11.3. The summed E-state index contributed by atoms with van der Waals surface area (Å²) >= 11 is 0. The lowest BCUT2D eigenvalue weighted by Gasteiger charge is -2.26. The van der Waals surface area contributed by atoms with Crippen molar-refractivity contribution in [3.05, 3.63) is 108 Å². The third-order valence-electron chi connectivity index (χ3n) is 5.29. The molecule has 0 aliphatic rings. The smallest absolute Gasteiger partial charge is 0.330 e. The van der Waals surface area contributed by atoms with Crippen LogP contribution < -0.4 is 4.90 Å². The van der Waals surface area contributed by atoms with Crippen LogP contribution in [0, 0.1) is 0 Å². The van der Waals surface area contributed by atoms with E-state index in [1.165, 1.54) is 39.6 Å². The molecule has 7 heteroatoms. The molecule has 0 amide bonds. The lowest BCUT2D eigenvalue weighted by molar-refractivity contribution is -0.135. The highest BCUT2D eigenvalue weighted by atomic mass is 16.5. The number of ether oxygens (including phenoxy) is 3. The fraction of sp³-hybridized carbons (Fsp3) is 0.100. The second-order valence-corrected chi connectivity index (χ2v) is 7.68. The molecule has 188 valence electrons. The molecular formula is C30H27NO6. The number of rotatable bonds is 9. The van der Waals surface area contributed by atoms with Crippen LogP contribution >= 0.6 is 0 Å². The summed E-state index contributed by atoms with van der Waals surface area (Å²) in [5.41, 5.74) is 5.23. The van der Waals surface area contributed by atoms with Crippen LogP contribution in [0.15, 0.2) is 91.0 Å². The van der Waals surface area contributed by atoms with Crippen molar-refractivity contribution in [2.45, 2.75) is 0 Å². The van der Waals surface area contributed by atoms with Gasteiger partial charge in [-0.25, -0.2) is 14.4 Å². The number of nitrogens with zero attached hydrogens (tertiary/aromatic N) is 1. The van der Waals surface area contributed by atoms with E-state index in [-0.39, 0.29) is 0 Å². The average Bonchev–Trinajstić information content (AvgIpc) is 2.95. The molecule has 0 aromatic heterocycles. The number of methoxy groups -OCH3 is 3. The summed E-state index contributed by atoms with van der Waals surface area (Å²) < 4.78 is 13.9. The minimum absolute atomic E-state index is 0.423. The number of carbonyl (C=O) groups excluding carboxylic acids is 3. The Balaban J connectivity index is 1.95. The van der Waals surface area contributed by atoms with Crippen LogP contribution in [0.2, 0.25) is 0 Å². The van der Waals surface area contributed by atoms with Crippen LogP contribution in [0.1, 0.15) is 16.7 Å². The monoisotopic (exact) mass is 497 g/mol. The van der Waals surface area contributed by atoms with Crippen molar-refractivity contribution in [1.29, 1.82) is 0 Å². The van der Waals surface area contributed by atoms with E-state index in [4.69, 9.17) is 0 Å². The van der Waals surface area contributed by atoms with Gasteiger partial charge in [-0.05, 0) is 71.3 Å². The number of esters is 3. The summed E-state index contributed by atoms with van der Waals surface area (Å²) in [5.74, 6) is -1.27. The molecule has 0 heterocycles. The molecule has 0 bridgehead atoms. The topological polar surface area (TPSA) is 82.1 Å². The number of carbonyl (C=O) groups is 3. The molecule has 3 rings (SSSR count). The fourth-order valence-electron chi connectivity index (χ4n) is 3.35. The van der Waals surface area contributed by atoms with Gasteiger partial charge in [-0.15, -0.1) is 0 Å². The Morgan fingerprint density at radius 1 is 0.486 bits per heavy atom. The van der Waals surface area contributed by atoms with Crippen molar-refractivity contribution >= 4 is 53.2 Å². The van der Waals surface area contributed by atoms with Gasteiger partial charge in [0.15, 0.2) is 0 Å². The van der Waals surface area contributed by atoms with E-state index in [0.29, 0.717) is 0 Å². The average molecular weight is 498 g/mol. The summed E-state index contributed by atoms with van der Waals surface area (Å²) in [6, 6.07) is 23.1. The van der Waals surface area contributed by atoms with Crippen LogP contribution in [-0.4, -0.2) is 39.2 Å². The first-order valence-corrected chi connectivity index (χ1v) is 11.3. The third-order valence-corrected chi connectivity index (χ3v) is 5.29. The van der Waals surface area contributed by atoms with E-state index >= 15 is 0 Å². The van der Waals surface area contributed by atoms with Crippen molar-refractivity contribution < 1.29 is 28.6 Å². The van der Waals surface area contributed by atoms with Gasteiger partial charge < -0.3 is 19.1 Å². The van der Waals surface area contributed by atoms with Crippen molar-refractivity contribution in [3.63, 3.8) is 0 Å². The van der Waals surface area contributed by atoms with Crippen LogP contribution in [0.25, 0.3) is 18.2 Å². The second-order valence-electron chi connectivity index (χ2n) is 7.68. The molecule has 0 unspecified atom stereocenters. The zero-order valence-corrected chi connectivity index (χ0v) is 20.8. The maximum absolute atomic E-state index is 11.4. The number of anilines is 3. The lowest BCUT2D eigenvalue weighted by Crippen LogP contribution is -2.09. The number of benzene rings is 3. The van der Waals surface area contributed by atoms with Crippen molar-refractivity contribution in [2.75, 3.05) is 26.2 Å². The zero-order chi connectivity index (χ0) is 26.6. The second kappa shape index (κ2) is 13.3. The molecule has 3 aromatic rings. The summed E-state index contributed by atoms with van der Waals surface area (Å²) in [6.45, 7) is 0. The Labute approximate surface area is 215 Å². The van der Waals surface area contributed by atoms with Crippen molar-refractivity contribution in [2.24, 2.45) is 0 Å².